The molecule has 1 atom stereocenters. The molecular weight excluding hydrogens is 382 g/mol. The molecule has 0 radical (unpaired) electrons. The van der Waals surface area contributed by atoms with Crippen molar-refractivity contribution in [1.82, 2.24) is 10.2 Å². The number of carbonyl (C=O) groups is 3. The third-order valence-electron chi connectivity index (χ3n) is 5.88. The van der Waals surface area contributed by atoms with E-state index < -0.39 is 17.5 Å². The van der Waals surface area contributed by atoms with Crippen LogP contribution in [0.25, 0.3) is 22.3 Å². The van der Waals surface area contributed by atoms with Crippen LogP contribution in [-0.4, -0.2) is 34.8 Å². The van der Waals surface area contributed by atoms with Crippen LogP contribution in [0.2, 0.25) is 0 Å². The van der Waals surface area contributed by atoms with Gasteiger partial charge in [0.15, 0.2) is 0 Å². The zero-order valence-electron chi connectivity index (χ0n) is 16.5. The Morgan fingerprint density at radius 1 is 1.17 bits per heavy atom. The number of nitrogens with one attached hydrogen (secondary N) is 2. The number of hydrogen-bond acceptors (Lipinski definition) is 4. The maximum Gasteiger partial charge on any atom is 0.325 e. The predicted molar refractivity (Wildman–Crippen MR) is 112 cm³/mol. The van der Waals surface area contributed by atoms with Gasteiger partial charge in [-0.15, -0.1) is 0 Å². The van der Waals surface area contributed by atoms with Gasteiger partial charge in [0.2, 0.25) is 5.91 Å². The number of nitrogens with zero attached hydrogens (tertiary/aromatic N) is 1. The lowest BCUT2D eigenvalue weighted by molar-refractivity contribution is -0.134. The van der Waals surface area contributed by atoms with Gasteiger partial charge in [0.25, 0.3) is 5.91 Å². The first-order chi connectivity index (χ1) is 14.4. The minimum absolute atomic E-state index is 0.160. The lowest BCUT2D eigenvalue weighted by atomic mass is 9.96. The van der Waals surface area contributed by atoms with Gasteiger partial charge in [-0.3, -0.25) is 14.5 Å². The normalized spacial score (nSPS) is 21.2. The van der Waals surface area contributed by atoms with Crippen LogP contribution < -0.4 is 10.6 Å². The number of amides is 4. The van der Waals surface area contributed by atoms with E-state index in [1.54, 1.807) is 19.1 Å². The number of urea groups is 1. The summed E-state index contributed by atoms with van der Waals surface area (Å²) in [5.41, 5.74) is 1.40. The molecule has 4 amide bonds. The van der Waals surface area contributed by atoms with Crippen molar-refractivity contribution >= 4 is 34.5 Å². The third-order valence-corrected chi connectivity index (χ3v) is 5.88. The second-order valence-electron chi connectivity index (χ2n) is 8.07. The summed E-state index contributed by atoms with van der Waals surface area (Å²) in [5, 5.41) is 6.51. The van der Waals surface area contributed by atoms with Gasteiger partial charge < -0.3 is 15.1 Å². The summed E-state index contributed by atoms with van der Waals surface area (Å²) in [6.07, 6.45) is 1.83. The van der Waals surface area contributed by atoms with Gasteiger partial charge in [-0.05, 0) is 62.1 Å². The third kappa shape index (κ3) is 3.12. The molecule has 1 saturated carbocycles. The highest BCUT2D eigenvalue weighted by atomic mass is 16.3. The summed E-state index contributed by atoms with van der Waals surface area (Å²) < 4.78 is 5.86. The Bertz CT molecular complexity index is 1130. The smallest absolute Gasteiger partial charge is 0.325 e. The average molecular weight is 403 g/mol. The first-order valence-corrected chi connectivity index (χ1v) is 9.97. The van der Waals surface area contributed by atoms with E-state index in [1.807, 2.05) is 42.5 Å². The zero-order chi connectivity index (χ0) is 20.9. The van der Waals surface area contributed by atoms with E-state index in [-0.39, 0.29) is 18.4 Å². The van der Waals surface area contributed by atoms with Gasteiger partial charge >= 0.3 is 6.03 Å². The van der Waals surface area contributed by atoms with Gasteiger partial charge in [0.05, 0.1) is 0 Å². The minimum atomic E-state index is -0.883. The van der Waals surface area contributed by atoms with Crippen LogP contribution in [0.15, 0.2) is 59.0 Å². The van der Waals surface area contributed by atoms with Gasteiger partial charge in [0.1, 0.15) is 23.4 Å². The summed E-state index contributed by atoms with van der Waals surface area (Å²) in [7, 11) is 0. The van der Waals surface area contributed by atoms with Crippen LogP contribution in [0.4, 0.5) is 10.5 Å². The Labute approximate surface area is 173 Å². The molecular formula is C23H21N3O4. The fraction of sp³-hybridized carbons (Fsp3) is 0.261. The highest BCUT2D eigenvalue weighted by Gasteiger charge is 2.56. The fourth-order valence-electron chi connectivity index (χ4n) is 3.98. The highest BCUT2D eigenvalue weighted by molar-refractivity contribution is 6.10. The zero-order valence-corrected chi connectivity index (χ0v) is 16.5. The van der Waals surface area contributed by atoms with E-state index in [9.17, 15) is 14.4 Å². The molecule has 0 spiro atoms. The van der Waals surface area contributed by atoms with Crippen molar-refractivity contribution in [3.63, 3.8) is 0 Å². The monoisotopic (exact) mass is 403 g/mol. The van der Waals surface area contributed by atoms with E-state index in [1.165, 1.54) is 0 Å². The molecule has 1 aromatic heterocycles. The number of furan rings is 1. The number of anilines is 1. The molecule has 2 heterocycles. The molecule has 152 valence electrons. The van der Waals surface area contributed by atoms with Crippen LogP contribution in [-0.2, 0) is 9.59 Å². The number of hydrogen-bond donors (Lipinski definition) is 2. The topological polar surface area (TPSA) is 91.7 Å². The number of carbonyl (C=O) groups excluding carboxylic acids is 3. The van der Waals surface area contributed by atoms with Crippen molar-refractivity contribution in [3.05, 3.63) is 54.6 Å². The van der Waals surface area contributed by atoms with E-state index in [0.717, 1.165) is 40.0 Å². The maximum atomic E-state index is 12.6. The summed E-state index contributed by atoms with van der Waals surface area (Å²) in [6, 6.07) is 16.5. The molecule has 3 aromatic rings. The molecule has 2 aromatic carbocycles. The quantitative estimate of drug-likeness (QED) is 0.635. The molecule has 1 saturated heterocycles. The van der Waals surface area contributed by atoms with Crippen LogP contribution in [0.1, 0.15) is 19.8 Å². The Hall–Kier alpha value is -3.61. The minimum Gasteiger partial charge on any atom is -0.456 e. The van der Waals surface area contributed by atoms with Crippen LogP contribution in [0.5, 0.6) is 0 Å². The average Bonchev–Trinajstić information content (AvgIpc) is 3.47. The van der Waals surface area contributed by atoms with Crippen molar-refractivity contribution in [2.75, 3.05) is 11.9 Å². The molecule has 30 heavy (non-hydrogen) atoms. The van der Waals surface area contributed by atoms with Crippen molar-refractivity contribution in [3.8, 4) is 11.3 Å². The molecule has 7 heteroatoms. The van der Waals surface area contributed by atoms with Gasteiger partial charge in [-0.1, -0.05) is 18.2 Å². The van der Waals surface area contributed by atoms with Crippen molar-refractivity contribution < 1.29 is 18.8 Å². The number of benzene rings is 2. The largest absolute Gasteiger partial charge is 0.456 e. The molecule has 7 nitrogen and oxygen atoms in total. The summed E-state index contributed by atoms with van der Waals surface area (Å²) in [4.78, 5) is 38.3. The Morgan fingerprint density at radius 2 is 1.90 bits per heavy atom. The summed E-state index contributed by atoms with van der Waals surface area (Å²) in [5.74, 6) is 0.154. The maximum absolute atomic E-state index is 12.6. The second-order valence-corrected chi connectivity index (χ2v) is 8.07. The molecule has 0 unspecified atom stereocenters. The van der Waals surface area contributed by atoms with Crippen molar-refractivity contribution in [2.24, 2.45) is 5.92 Å². The summed E-state index contributed by atoms with van der Waals surface area (Å²) in [6.45, 7) is 1.43. The van der Waals surface area contributed by atoms with Crippen LogP contribution >= 0.6 is 0 Å². The first-order valence-electron chi connectivity index (χ1n) is 9.97. The van der Waals surface area contributed by atoms with E-state index in [4.69, 9.17) is 4.42 Å². The molecule has 5 rings (SSSR count). The van der Waals surface area contributed by atoms with Crippen LogP contribution in [0, 0.1) is 5.92 Å². The number of fused-ring (bicyclic) bond motifs is 1. The molecule has 1 aliphatic carbocycles. The molecule has 1 aliphatic heterocycles. The van der Waals surface area contributed by atoms with E-state index in [0.29, 0.717) is 5.69 Å². The Kier molecular flexibility index (Phi) is 4.13. The van der Waals surface area contributed by atoms with Gasteiger partial charge in [-0.25, -0.2) is 4.79 Å². The standard InChI is InChI=1S/C23H21N3O4/c1-23(16-8-9-16)21(28)26(22(29)25-23)13-20(27)24-17-10-6-14(7-11-17)19-12-15-4-2-3-5-18(15)30-19/h2-7,10-12,16H,8-9,13H2,1H3,(H,24,27)(H,25,29)/t23-/m1/s1. The van der Waals surface area contributed by atoms with Gasteiger partial charge in [-0.2, -0.15) is 0 Å². The Morgan fingerprint density at radius 3 is 2.60 bits per heavy atom. The first kappa shape index (κ1) is 18.4. The Balaban J connectivity index is 1.25. The van der Waals surface area contributed by atoms with E-state index >= 15 is 0 Å². The highest BCUT2D eigenvalue weighted by Crippen LogP contribution is 2.42. The summed E-state index contributed by atoms with van der Waals surface area (Å²) >= 11 is 0. The van der Waals surface area contributed by atoms with Crippen LogP contribution in [0.3, 0.4) is 0 Å². The lowest BCUT2D eigenvalue weighted by Gasteiger charge is -2.20. The van der Waals surface area contributed by atoms with E-state index in [2.05, 4.69) is 10.6 Å². The molecule has 2 N–H and O–H groups in total. The fourth-order valence-corrected chi connectivity index (χ4v) is 3.98. The number of para-hydroxylation sites is 1. The lowest BCUT2D eigenvalue weighted by Crippen LogP contribution is -2.46. The number of rotatable bonds is 5. The molecule has 2 aliphatic rings. The van der Waals surface area contributed by atoms with Crippen molar-refractivity contribution in [1.29, 1.82) is 0 Å². The second kappa shape index (κ2) is 6.73. The number of imide groups is 1. The molecule has 0 bridgehead atoms. The van der Waals surface area contributed by atoms with Crippen molar-refractivity contribution in [2.45, 2.75) is 25.3 Å². The SMILES string of the molecule is C[C@]1(C2CC2)NC(=O)N(CC(=O)Nc2ccc(-c3cc4ccccc4o3)cc2)C1=O. The van der Waals surface area contributed by atoms with Gasteiger partial charge in [0, 0.05) is 16.6 Å². The molecule has 2 fully saturated rings. The predicted octanol–water partition coefficient (Wildman–Crippen LogP) is 3.76.